The summed E-state index contributed by atoms with van der Waals surface area (Å²) in [5, 5.41) is 52.9. The number of carboxylic acid groups (broad SMARTS) is 1. The van der Waals surface area contributed by atoms with Crippen molar-refractivity contribution in [3.63, 3.8) is 0 Å². The molecular weight excluding hydrogens is 960 g/mol. The van der Waals surface area contributed by atoms with Gasteiger partial charge in [-0.25, -0.2) is 14.0 Å². The predicted octanol–water partition coefficient (Wildman–Crippen LogP) is -3.23. The number of anilines is 1. The van der Waals surface area contributed by atoms with Gasteiger partial charge in [0.2, 0.25) is 12.2 Å². The topological polar surface area (TPSA) is 402 Å². The molecule has 8 rings (SSSR count). The van der Waals surface area contributed by atoms with E-state index in [9.17, 15) is 49.5 Å². The zero-order valence-corrected chi connectivity index (χ0v) is 39.5. The molecular formula is C45H65FN8O18. The molecule has 27 heteroatoms. The third-order valence-electron chi connectivity index (χ3n) is 14.5. The third-order valence-corrected chi connectivity index (χ3v) is 14.5. The maximum absolute atomic E-state index is 16.1. The fourth-order valence-corrected chi connectivity index (χ4v) is 10.5. The van der Waals surface area contributed by atoms with Crippen LogP contribution in [-0.2, 0) is 42.7 Å². The molecule has 26 nitrogen and oxygen atoms in total. The number of nitrogens with zero attached hydrogens (tertiary/aromatic N) is 3. The highest BCUT2D eigenvalue weighted by atomic mass is 19.1. The lowest BCUT2D eigenvalue weighted by atomic mass is 9.84. The first-order chi connectivity index (χ1) is 34.3. The molecule has 400 valence electrons. The number of aromatic carboxylic acids is 1. The summed E-state index contributed by atoms with van der Waals surface area (Å²) < 4.78 is 62.5. The molecule has 15 N–H and O–H groups in total. The van der Waals surface area contributed by atoms with Gasteiger partial charge < -0.3 is 106 Å². The average molecular weight is 1030 g/mol. The Bertz CT molecular complexity index is 2380. The Labute approximate surface area is 411 Å². The number of benzene rings is 1. The molecule has 6 fully saturated rings. The number of halogens is 1. The number of aromatic nitrogens is 1. The highest BCUT2D eigenvalue weighted by Gasteiger charge is 2.51. The number of methoxy groups -OCH3 is 1. The minimum atomic E-state index is -1.65. The van der Waals surface area contributed by atoms with Crippen LogP contribution < -0.4 is 43.7 Å². The zero-order chi connectivity index (χ0) is 51.9. The van der Waals surface area contributed by atoms with Crippen LogP contribution in [-0.4, -0.2) is 197 Å². The highest BCUT2D eigenvalue weighted by molar-refractivity contribution is 5.97. The molecule has 16 atom stereocenters. The first kappa shape index (κ1) is 53.4. The van der Waals surface area contributed by atoms with Gasteiger partial charge in [0.25, 0.3) is 0 Å². The second kappa shape index (κ2) is 22.3. The monoisotopic (exact) mass is 1020 g/mol. The number of ether oxygens (including phenoxy) is 8. The summed E-state index contributed by atoms with van der Waals surface area (Å²) in [6.07, 6.45) is -10.4. The van der Waals surface area contributed by atoms with E-state index in [1.165, 1.54) is 18.2 Å². The van der Waals surface area contributed by atoms with Crippen LogP contribution in [0.25, 0.3) is 10.9 Å². The van der Waals surface area contributed by atoms with Crippen LogP contribution in [0.3, 0.4) is 0 Å². The van der Waals surface area contributed by atoms with Crippen molar-refractivity contribution in [2.24, 2.45) is 34.6 Å². The lowest BCUT2D eigenvalue weighted by molar-refractivity contribution is -0.315. The van der Waals surface area contributed by atoms with Crippen LogP contribution in [0.2, 0.25) is 0 Å². The molecule has 4 aliphatic heterocycles. The van der Waals surface area contributed by atoms with E-state index < -0.39 is 159 Å². The van der Waals surface area contributed by atoms with Gasteiger partial charge >= 0.3 is 24.0 Å². The number of pyridine rings is 1. The van der Waals surface area contributed by atoms with Crippen molar-refractivity contribution in [1.82, 2.24) is 9.47 Å². The standard InChI is InChI=1S/C45H65FN8O18/c1-65-41-33-20(35(58)21(42(62)63)14-54(33)19-4-5-19)9-22(46)34(41)52-13-18-3-2-8-53(26(18)15-52)45(64)68-17-67-31(57)7-6-30(56)66-16-29-36(59)32(51)37(60)44(70-29)72-40-24(49)10-23(48)39(38(40)61)71-43-25(50)11-27(55)28(12-47)69-43/h9,14,18-19,23-29,32,36-40,43-44,55,59-61H,2-8,10-13,15-17,47-51H2,1H3,(H,62,63)/t18?,23-,24+,25+,26?,27-,28+,29+,32-,36+,37+,38-,39+,40-,43+,44+/m0/s1. The van der Waals surface area contributed by atoms with E-state index in [1.807, 2.05) is 0 Å². The van der Waals surface area contributed by atoms with Crippen molar-refractivity contribution < 1.29 is 87.0 Å². The molecule has 6 aliphatic rings. The van der Waals surface area contributed by atoms with Crippen LogP contribution in [0.15, 0.2) is 17.1 Å². The molecule has 1 amide bonds. The molecule has 4 saturated heterocycles. The van der Waals surface area contributed by atoms with Gasteiger partial charge in [0, 0.05) is 50.5 Å². The first-order valence-corrected chi connectivity index (χ1v) is 24.1. The lowest BCUT2D eigenvalue weighted by Crippen LogP contribution is -2.68. The number of carboxylic acids is 1. The largest absolute Gasteiger partial charge is 0.492 e. The average Bonchev–Trinajstić information content (AvgIpc) is 4.10. The van der Waals surface area contributed by atoms with Crippen molar-refractivity contribution in [3.05, 3.63) is 33.9 Å². The van der Waals surface area contributed by atoms with E-state index in [1.54, 1.807) is 9.47 Å². The molecule has 2 aliphatic carbocycles. The molecule has 1 aromatic heterocycles. The maximum Gasteiger partial charge on any atom is 0.412 e. The number of hydrogen-bond acceptors (Lipinski definition) is 23. The Balaban J connectivity index is 0.801. The van der Waals surface area contributed by atoms with Crippen molar-refractivity contribution in [3.8, 4) is 5.75 Å². The summed E-state index contributed by atoms with van der Waals surface area (Å²) in [6.45, 7) is -0.597. The molecule has 2 unspecified atom stereocenters. The van der Waals surface area contributed by atoms with Gasteiger partial charge in [-0.05, 0) is 50.5 Å². The number of aliphatic hydroxyl groups excluding tert-OH is 4. The van der Waals surface area contributed by atoms with E-state index in [0.717, 1.165) is 18.9 Å². The number of hydrogen-bond donors (Lipinski definition) is 10. The van der Waals surface area contributed by atoms with Gasteiger partial charge in [-0.2, -0.15) is 0 Å². The maximum atomic E-state index is 16.1. The normalized spacial score (nSPS) is 34.9. The van der Waals surface area contributed by atoms with Gasteiger partial charge in [-0.15, -0.1) is 0 Å². The fraction of sp³-hybridized carbons (Fsp3) is 0.711. The van der Waals surface area contributed by atoms with E-state index >= 15 is 4.39 Å². The molecule has 72 heavy (non-hydrogen) atoms. The van der Waals surface area contributed by atoms with Crippen LogP contribution in [0.1, 0.15) is 67.8 Å². The van der Waals surface area contributed by atoms with E-state index in [2.05, 4.69) is 0 Å². The second-order valence-electron chi connectivity index (χ2n) is 19.3. The molecule has 5 heterocycles. The Hall–Kier alpha value is -4.88. The molecule has 0 bridgehead atoms. The Kier molecular flexibility index (Phi) is 16.5. The van der Waals surface area contributed by atoms with E-state index in [4.69, 9.17) is 66.6 Å². The minimum Gasteiger partial charge on any atom is -0.492 e. The summed E-state index contributed by atoms with van der Waals surface area (Å²) in [6, 6.07) is -3.38. The smallest absolute Gasteiger partial charge is 0.412 e. The molecule has 0 spiro atoms. The van der Waals surface area contributed by atoms with Crippen molar-refractivity contribution in [2.75, 3.05) is 51.6 Å². The Morgan fingerprint density at radius 3 is 2.15 bits per heavy atom. The van der Waals surface area contributed by atoms with Crippen molar-refractivity contribution in [1.29, 1.82) is 0 Å². The Morgan fingerprint density at radius 1 is 0.833 bits per heavy atom. The Morgan fingerprint density at radius 2 is 1.50 bits per heavy atom. The number of rotatable bonds is 16. The van der Waals surface area contributed by atoms with Crippen LogP contribution in [0.5, 0.6) is 5.75 Å². The molecule has 2 aromatic rings. The van der Waals surface area contributed by atoms with Gasteiger partial charge in [0.1, 0.15) is 54.5 Å². The third kappa shape index (κ3) is 11.0. The highest BCUT2D eigenvalue weighted by Crippen LogP contribution is 2.46. The number of esters is 2. The quantitative estimate of drug-likeness (QED) is 0.0584. The summed E-state index contributed by atoms with van der Waals surface area (Å²) in [4.78, 5) is 67.0. The second-order valence-corrected chi connectivity index (χ2v) is 19.3. The molecule has 2 saturated carbocycles. The first-order valence-electron chi connectivity index (χ1n) is 24.1. The van der Waals surface area contributed by atoms with Crippen LogP contribution >= 0.6 is 0 Å². The summed E-state index contributed by atoms with van der Waals surface area (Å²) in [5.74, 6) is -4.06. The SMILES string of the molecule is COc1c(N2CC3CCCN(C(=O)OCOC(=O)CCC(=O)OC[C@H]4O[C@H](O[C@@H]5[C@@H](O)[C@H](O[C@H]6O[C@H](CN)[C@@H](O)C[C@H]6N)[C@@H](N)C[C@H]5N)[C@H](O)[C@@H](N)[C@@H]4O)C3C2)c(F)cc2c(=O)c(C(=O)O)cn(C3CC3)c12. The number of carbonyl (C=O) groups is 4. The van der Waals surface area contributed by atoms with Crippen LogP contribution in [0.4, 0.5) is 14.9 Å². The summed E-state index contributed by atoms with van der Waals surface area (Å²) >= 11 is 0. The summed E-state index contributed by atoms with van der Waals surface area (Å²) in [5.41, 5.74) is 29.6. The number of piperidine rings is 1. The molecule has 0 radical (unpaired) electrons. The fourth-order valence-electron chi connectivity index (χ4n) is 10.5. The number of nitrogens with two attached hydrogens (primary N) is 5. The lowest BCUT2D eigenvalue weighted by Gasteiger charge is -2.47. The zero-order valence-electron chi connectivity index (χ0n) is 39.5. The van der Waals surface area contributed by atoms with Gasteiger partial charge in [-0.3, -0.25) is 14.4 Å². The van der Waals surface area contributed by atoms with E-state index in [-0.39, 0.29) is 60.2 Å². The number of amides is 1. The van der Waals surface area contributed by atoms with Gasteiger partial charge in [0.05, 0.1) is 61.2 Å². The summed E-state index contributed by atoms with van der Waals surface area (Å²) in [7, 11) is 1.35. The van der Waals surface area contributed by atoms with Gasteiger partial charge in [0.15, 0.2) is 24.1 Å². The predicted molar refractivity (Wildman–Crippen MR) is 244 cm³/mol. The van der Waals surface area contributed by atoms with Crippen molar-refractivity contribution >= 4 is 40.6 Å². The molecule has 1 aromatic carbocycles. The number of aliphatic hydroxyl groups is 4. The van der Waals surface area contributed by atoms with E-state index in [0.29, 0.717) is 25.9 Å². The van der Waals surface area contributed by atoms with Crippen molar-refractivity contribution in [2.45, 2.75) is 149 Å². The van der Waals surface area contributed by atoms with Gasteiger partial charge in [-0.1, -0.05) is 0 Å². The van der Waals surface area contributed by atoms with Crippen LogP contribution in [0, 0.1) is 11.7 Å². The number of fused-ring (bicyclic) bond motifs is 2. The number of likely N-dealkylation sites (tertiary alicyclic amines) is 1. The number of carbonyl (C=O) groups excluding carboxylic acids is 3. The minimum absolute atomic E-state index is 0.0206.